The van der Waals surface area contributed by atoms with Crippen LogP contribution < -0.4 is 10.5 Å². The summed E-state index contributed by atoms with van der Waals surface area (Å²) >= 11 is 0. The highest BCUT2D eigenvalue weighted by atomic mass is 31.2. The number of ether oxygens (including phenoxy) is 1. The Hall–Kier alpha value is -1.70. The summed E-state index contributed by atoms with van der Waals surface area (Å²) in [7, 11) is -3.36. The van der Waals surface area contributed by atoms with Gasteiger partial charge < -0.3 is 19.5 Å². The summed E-state index contributed by atoms with van der Waals surface area (Å²) in [5.74, 6) is 1.58. The van der Waals surface area contributed by atoms with Crippen molar-refractivity contribution in [2.24, 2.45) is 5.92 Å². The van der Waals surface area contributed by atoms with Crippen LogP contribution in [-0.4, -0.2) is 39.1 Å². The van der Waals surface area contributed by atoms with Crippen LogP contribution in [0.4, 0.5) is 5.82 Å². The zero-order valence-corrected chi connectivity index (χ0v) is 18.5. The van der Waals surface area contributed by atoms with Crippen LogP contribution in [0.3, 0.4) is 0 Å². The van der Waals surface area contributed by atoms with Crippen LogP contribution in [0, 0.1) is 12.8 Å². The van der Waals surface area contributed by atoms with E-state index in [-0.39, 0.29) is 19.6 Å². The van der Waals surface area contributed by atoms with Crippen molar-refractivity contribution in [3.05, 3.63) is 5.82 Å². The van der Waals surface area contributed by atoms with Gasteiger partial charge in [0.1, 0.15) is 5.82 Å². The predicted octanol–water partition coefficient (Wildman–Crippen LogP) is 4.29. The Morgan fingerprint density at radius 2 is 1.79 bits per heavy atom. The molecule has 2 N–H and O–H groups in total. The molecule has 0 spiro atoms. The molecular formula is C19H32N5O4P. The van der Waals surface area contributed by atoms with Gasteiger partial charge in [-0.3, -0.25) is 9.13 Å². The lowest BCUT2D eigenvalue weighted by Crippen LogP contribution is -2.13. The van der Waals surface area contributed by atoms with Gasteiger partial charge >= 0.3 is 7.60 Å². The molecule has 162 valence electrons. The smallest absolute Gasteiger partial charge is 0.367 e. The molecule has 1 fully saturated rings. The normalized spacial score (nSPS) is 15.8. The molecule has 9 nitrogen and oxygen atoms in total. The third-order valence-electron chi connectivity index (χ3n) is 5.19. The maximum absolute atomic E-state index is 12.8. The zero-order chi connectivity index (χ0) is 20.9. The van der Waals surface area contributed by atoms with Crippen LogP contribution in [0.1, 0.15) is 58.2 Å². The third kappa shape index (κ3) is 5.47. The molecule has 1 saturated carbocycles. The van der Waals surface area contributed by atoms with E-state index in [9.17, 15) is 4.57 Å². The topological polar surface area (TPSA) is 114 Å². The molecule has 0 unspecified atom stereocenters. The molecule has 0 radical (unpaired) electrons. The van der Waals surface area contributed by atoms with E-state index in [0.29, 0.717) is 41.3 Å². The van der Waals surface area contributed by atoms with Gasteiger partial charge in [-0.05, 0) is 33.1 Å². The number of hydrogen-bond acceptors (Lipinski definition) is 8. The molecule has 2 heterocycles. The maximum Gasteiger partial charge on any atom is 0.367 e. The first-order valence-electron chi connectivity index (χ1n) is 10.5. The third-order valence-corrected chi connectivity index (χ3v) is 6.94. The van der Waals surface area contributed by atoms with E-state index in [0.717, 1.165) is 6.42 Å². The van der Waals surface area contributed by atoms with Crippen molar-refractivity contribution < 1.29 is 18.3 Å². The summed E-state index contributed by atoms with van der Waals surface area (Å²) in [6.45, 7) is 6.59. The van der Waals surface area contributed by atoms with Crippen molar-refractivity contribution in [3.8, 4) is 6.01 Å². The number of hydrogen-bond donors (Lipinski definition) is 1. The number of imidazole rings is 1. The minimum Gasteiger partial charge on any atom is -0.452 e. The first-order chi connectivity index (χ1) is 14.0. The molecule has 29 heavy (non-hydrogen) atoms. The summed E-state index contributed by atoms with van der Waals surface area (Å²) < 4.78 is 31.2. The van der Waals surface area contributed by atoms with Crippen LogP contribution in [0.2, 0.25) is 0 Å². The van der Waals surface area contributed by atoms with Gasteiger partial charge in [0.2, 0.25) is 0 Å². The lowest BCUT2D eigenvalue weighted by Gasteiger charge is -2.22. The van der Waals surface area contributed by atoms with Gasteiger partial charge in [0.05, 0.1) is 13.2 Å². The summed E-state index contributed by atoms with van der Waals surface area (Å²) in [6, 6.07) is 0.321. The predicted molar refractivity (Wildman–Crippen MR) is 112 cm³/mol. The summed E-state index contributed by atoms with van der Waals surface area (Å²) in [4.78, 5) is 13.2. The first kappa shape index (κ1) is 22.0. The van der Waals surface area contributed by atoms with E-state index >= 15 is 0 Å². The standard InChI is InChI=1S/C19H32N5O4P/c1-4-27-29(25,28-5-2)13-26-19-23-16-17(20)21-14(3)22-18(16)24(19)12-11-15-9-7-6-8-10-15/h15H,4-13H2,1-3H3,(H2,20,21,22). The number of anilines is 1. The summed E-state index contributed by atoms with van der Waals surface area (Å²) in [5, 5.41) is 0. The Balaban J connectivity index is 1.86. The van der Waals surface area contributed by atoms with Gasteiger partial charge in [0, 0.05) is 6.54 Å². The van der Waals surface area contributed by atoms with Crippen molar-refractivity contribution in [2.45, 2.75) is 65.8 Å². The molecule has 3 rings (SSSR count). The fraction of sp³-hybridized carbons (Fsp3) is 0.737. The molecule has 0 saturated heterocycles. The maximum atomic E-state index is 12.8. The average molecular weight is 425 g/mol. The minimum atomic E-state index is -3.36. The van der Waals surface area contributed by atoms with E-state index in [1.54, 1.807) is 20.8 Å². The highest BCUT2D eigenvalue weighted by Crippen LogP contribution is 2.48. The van der Waals surface area contributed by atoms with Crippen LogP contribution in [0.15, 0.2) is 0 Å². The number of nitrogens with two attached hydrogens (primary N) is 1. The van der Waals surface area contributed by atoms with Crippen LogP contribution in [0.5, 0.6) is 6.01 Å². The molecule has 1 aliphatic rings. The van der Waals surface area contributed by atoms with Crippen molar-refractivity contribution in [3.63, 3.8) is 0 Å². The van der Waals surface area contributed by atoms with Crippen molar-refractivity contribution in [2.75, 3.05) is 25.3 Å². The zero-order valence-electron chi connectivity index (χ0n) is 17.6. The fourth-order valence-corrected chi connectivity index (χ4v) is 5.14. The Morgan fingerprint density at radius 3 is 2.45 bits per heavy atom. The molecule has 0 bridgehead atoms. The monoisotopic (exact) mass is 425 g/mol. The molecule has 0 amide bonds. The lowest BCUT2D eigenvalue weighted by molar-refractivity contribution is 0.191. The summed E-state index contributed by atoms with van der Waals surface area (Å²) in [5.41, 5.74) is 7.21. The highest BCUT2D eigenvalue weighted by Gasteiger charge is 2.27. The Morgan fingerprint density at radius 1 is 1.10 bits per heavy atom. The molecule has 0 atom stereocenters. The number of nitrogens with zero attached hydrogens (tertiary/aromatic N) is 4. The van der Waals surface area contributed by atoms with E-state index in [2.05, 4.69) is 15.0 Å². The fourth-order valence-electron chi connectivity index (χ4n) is 3.86. The Labute approximate surface area is 171 Å². The molecule has 0 aliphatic heterocycles. The molecule has 2 aromatic heterocycles. The molecule has 0 aromatic carbocycles. The number of aromatic nitrogens is 4. The molecule has 1 aliphatic carbocycles. The van der Waals surface area contributed by atoms with Gasteiger partial charge in [-0.1, -0.05) is 32.1 Å². The second-order valence-corrected chi connectivity index (χ2v) is 9.38. The van der Waals surface area contributed by atoms with Gasteiger partial charge in [-0.2, -0.15) is 4.98 Å². The van der Waals surface area contributed by atoms with Gasteiger partial charge in [0.25, 0.3) is 6.01 Å². The number of fused-ring (bicyclic) bond motifs is 1. The van der Waals surface area contributed by atoms with Crippen LogP contribution >= 0.6 is 7.60 Å². The van der Waals surface area contributed by atoms with E-state index in [1.807, 2.05) is 4.57 Å². The van der Waals surface area contributed by atoms with Crippen LogP contribution in [0.25, 0.3) is 11.2 Å². The van der Waals surface area contributed by atoms with Gasteiger partial charge in [0.15, 0.2) is 23.3 Å². The van der Waals surface area contributed by atoms with E-state index < -0.39 is 7.60 Å². The number of rotatable bonds is 10. The van der Waals surface area contributed by atoms with Crippen LogP contribution in [-0.2, 0) is 20.2 Å². The molecular weight excluding hydrogens is 393 g/mol. The van der Waals surface area contributed by atoms with Gasteiger partial charge in [-0.25, -0.2) is 9.97 Å². The number of nitrogen functional groups attached to an aromatic ring is 1. The first-order valence-corrected chi connectivity index (χ1v) is 12.2. The quantitative estimate of drug-likeness (QED) is 0.561. The summed E-state index contributed by atoms with van der Waals surface area (Å²) in [6.07, 6.45) is 7.21. The van der Waals surface area contributed by atoms with Crippen molar-refractivity contribution in [1.29, 1.82) is 0 Å². The SMILES string of the molecule is CCOP(=O)(COc1nc2c(N)nc(C)nc2n1CCC1CCCCC1)OCC. The number of aryl methyl sites for hydroxylation is 2. The van der Waals surface area contributed by atoms with E-state index in [4.69, 9.17) is 19.5 Å². The Bertz CT molecular complexity index is 856. The average Bonchev–Trinajstić information content (AvgIpc) is 3.04. The second-order valence-electron chi connectivity index (χ2n) is 7.39. The van der Waals surface area contributed by atoms with E-state index in [1.165, 1.54) is 32.1 Å². The van der Waals surface area contributed by atoms with Crippen molar-refractivity contribution >= 4 is 24.6 Å². The minimum absolute atomic E-state index is 0.215. The second kappa shape index (κ2) is 9.87. The van der Waals surface area contributed by atoms with Crippen molar-refractivity contribution in [1.82, 2.24) is 19.5 Å². The largest absolute Gasteiger partial charge is 0.452 e. The lowest BCUT2D eigenvalue weighted by atomic mass is 9.87. The Kier molecular flexibility index (Phi) is 7.49. The molecule has 10 heteroatoms. The van der Waals surface area contributed by atoms with Gasteiger partial charge in [-0.15, -0.1) is 0 Å². The molecule has 2 aromatic rings. The highest BCUT2D eigenvalue weighted by molar-refractivity contribution is 7.53.